The number of ether oxygens (including phenoxy) is 2. The van der Waals surface area contributed by atoms with Crippen LogP contribution in [0.2, 0.25) is 0 Å². The molecule has 2 rings (SSSR count). The zero-order valence-electron chi connectivity index (χ0n) is 20.9. The molecule has 192 valence electrons. The largest absolute Gasteiger partial charge is 0.469 e. The van der Waals surface area contributed by atoms with E-state index in [1.807, 2.05) is 37.8 Å². The van der Waals surface area contributed by atoms with E-state index in [1.165, 1.54) is 7.11 Å². The molecule has 1 aromatic heterocycles. The second-order valence-electron chi connectivity index (χ2n) is 9.68. The first-order chi connectivity index (χ1) is 16.1. The second-order valence-corrected chi connectivity index (χ2v) is 9.68. The molecule has 0 aliphatic carbocycles. The van der Waals surface area contributed by atoms with Crippen molar-refractivity contribution >= 4 is 17.9 Å². The first kappa shape index (κ1) is 28.0. The van der Waals surface area contributed by atoms with Gasteiger partial charge in [-0.2, -0.15) is 0 Å². The molecule has 1 amide bonds. The smallest absolute Gasteiger partial charge is 0.416 e. The average molecular weight is 484 g/mol. The summed E-state index contributed by atoms with van der Waals surface area (Å²) < 4.78 is 35.6. The summed E-state index contributed by atoms with van der Waals surface area (Å²) in [6.07, 6.45) is 2.15. The highest BCUT2D eigenvalue weighted by Gasteiger charge is 2.28. The number of hydrogen-bond acceptors (Lipinski definition) is 6. The van der Waals surface area contributed by atoms with E-state index in [1.54, 1.807) is 4.90 Å². The number of carbonyl (C=O) groups is 2. The van der Waals surface area contributed by atoms with Crippen LogP contribution >= 0.6 is 0 Å². The molecule has 0 fully saturated rings. The first-order valence-corrected chi connectivity index (χ1v) is 12.2. The van der Waals surface area contributed by atoms with Gasteiger partial charge >= 0.3 is 12.1 Å². The molecule has 0 unspecified atom stereocenters. The number of halogens is 2. The molecule has 0 radical (unpaired) electrons. The standard InChI is InChI=1S/C25H39F2N3O4/c1-25(2,3)34-24(32)30-17-7-9-19-12-13-20(28-23(19)30)10-5-6-15-29(18-14-21(26)27)16-8-11-22(31)33-4/h12-13,21H,5-11,14-18H2,1-4H3. The van der Waals surface area contributed by atoms with Crippen molar-refractivity contribution in [3.05, 3.63) is 23.4 Å². The fourth-order valence-electron chi connectivity index (χ4n) is 3.92. The van der Waals surface area contributed by atoms with E-state index in [4.69, 9.17) is 9.72 Å². The van der Waals surface area contributed by atoms with E-state index in [0.29, 0.717) is 38.4 Å². The number of rotatable bonds is 12. The Hall–Kier alpha value is -2.29. The lowest BCUT2D eigenvalue weighted by Gasteiger charge is -2.31. The molecule has 0 bridgehead atoms. The quantitative estimate of drug-likeness (QED) is 0.308. The fraction of sp³-hybridized carbons (Fsp3) is 0.720. The summed E-state index contributed by atoms with van der Waals surface area (Å²) >= 11 is 0. The zero-order valence-corrected chi connectivity index (χ0v) is 20.9. The van der Waals surface area contributed by atoms with Crippen molar-refractivity contribution in [2.45, 2.75) is 84.2 Å². The highest BCUT2D eigenvalue weighted by atomic mass is 19.3. The van der Waals surface area contributed by atoms with Crippen LogP contribution in [0, 0.1) is 0 Å². The number of amides is 1. The molecule has 1 aliphatic rings. The summed E-state index contributed by atoms with van der Waals surface area (Å²) in [6.45, 7) is 7.70. The van der Waals surface area contributed by atoms with Crippen molar-refractivity contribution < 1.29 is 27.8 Å². The molecule has 2 heterocycles. The number of hydrogen-bond donors (Lipinski definition) is 0. The molecule has 34 heavy (non-hydrogen) atoms. The van der Waals surface area contributed by atoms with Crippen molar-refractivity contribution in [3.8, 4) is 0 Å². The Kier molecular flexibility index (Phi) is 11.1. The number of fused-ring (bicyclic) bond motifs is 1. The number of carbonyl (C=O) groups excluding carboxylic acids is 2. The SMILES string of the molecule is COC(=O)CCCN(CCCCc1ccc2c(n1)N(C(=O)OC(C)(C)C)CCC2)CCC(F)F. The molecule has 7 nitrogen and oxygen atoms in total. The van der Waals surface area contributed by atoms with Gasteiger partial charge in [-0.05, 0) is 84.0 Å². The maximum atomic E-state index is 12.7. The van der Waals surface area contributed by atoms with Crippen LogP contribution in [0.15, 0.2) is 12.1 Å². The van der Waals surface area contributed by atoms with Crippen LogP contribution in [0.3, 0.4) is 0 Å². The van der Waals surface area contributed by atoms with E-state index >= 15 is 0 Å². The summed E-state index contributed by atoms with van der Waals surface area (Å²) in [5.41, 5.74) is 1.38. The van der Waals surface area contributed by atoms with E-state index in [9.17, 15) is 18.4 Å². The highest BCUT2D eigenvalue weighted by Crippen LogP contribution is 2.27. The second kappa shape index (κ2) is 13.6. The lowest BCUT2D eigenvalue weighted by atomic mass is 10.0. The molecule has 0 spiro atoms. The zero-order chi connectivity index (χ0) is 25.1. The summed E-state index contributed by atoms with van der Waals surface area (Å²) in [7, 11) is 1.35. The Morgan fingerprint density at radius 3 is 2.56 bits per heavy atom. The van der Waals surface area contributed by atoms with Crippen LogP contribution in [0.1, 0.15) is 70.6 Å². The van der Waals surface area contributed by atoms with Gasteiger partial charge in [0.1, 0.15) is 11.4 Å². The van der Waals surface area contributed by atoms with Gasteiger partial charge in [0.15, 0.2) is 0 Å². The van der Waals surface area contributed by atoms with Crippen molar-refractivity contribution in [3.63, 3.8) is 0 Å². The average Bonchev–Trinajstić information content (AvgIpc) is 2.77. The Balaban J connectivity index is 1.89. The third-order valence-corrected chi connectivity index (χ3v) is 5.61. The van der Waals surface area contributed by atoms with Gasteiger partial charge in [0.2, 0.25) is 6.43 Å². The number of esters is 1. The molecule has 0 aromatic carbocycles. The van der Waals surface area contributed by atoms with E-state index < -0.39 is 12.0 Å². The Morgan fingerprint density at radius 2 is 1.88 bits per heavy atom. The lowest BCUT2D eigenvalue weighted by Crippen LogP contribution is -2.40. The van der Waals surface area contributed by atoms with Crippen molar-refractivity contribution in [2.75, 3.05) is 38.2 Å². The monoisotopic (exact) mass is 483 g/mol. The predicted molar refractivity (Wildman–Crippen MR) is 127 cm³/mol. The maximum Gasteiger partial charge on any atom is 0.416 e. The van der Waals surface area contributed by atoms with Crippen LogP contribution in [0.4, 0.5) is 19.4 Å². The summed E-state index contributed by atoms with van der Waals surface area (Å²) in [5.74, 6) is 0.395. The van der Waals surface area contributed by atoms with Gasteiger partial charge in [-0.15, -0.1) is 0 Å². The number of unbranched alkanes of at least 4 members (excludes halogenated alkanes) is 1. The Bertz CT molecular complexity index is 799. The van der Waals surface area contributed by atoms with E-state index in [2.05, 4.69) is 4.74 Å². The van der Waals surface area contributed by atoms with Gasteiger partial charge in [0.25, 0.3) is 0 Å². The predicted octanol–water partition coefficient (Wildman–Crippen LogP) is 5.00. The Morgan fingerprint density at radius 1 is 1.15 bits per heavy atom. The van der Waals surface area contributed by atoms with Crippen LogP contribution in [0.5, 0.6) is 0 Å². The fourth-order valence-corrected chi connectivity index (χ4v) is 3.92. The topological polar surface area (TPSA) is 72.0 Å². The molecule has 0 atom stereocenters. The highest BCUT2D eigenvalue weighted by molar-refractivity contribution is 5.88. The van der Waals surface area contributed by atoms with Crippen molar-refractivity contribution in [1.29, 1.82) is 0 Å². The maximum absolute atomic E-state index is 12.7. The molecule has 0 N–H and O–H groups in total. The number of aromatic nitrogens is 1. The molecule has 0 saturated carbocycles. The number of alkyl halides is 2. The van der Waals surface area contributed by atoms with Gasteiger partial charge in [-0.25, -0.2) is 18.6 Å². The number of nitrogens with zero attached hydrogens (tertiary/aromatic N) is 3. The summed E-state index contributed by atoms with van der Waals surface area (Å²) in [4.78, 5) is 32.3. The lowest BCUT2D eigenvalue weighted by molar-refractivity contribution is -0.140. The molecular weight excluding hydrogens is 444 g/mol. The number of pyridine rings is 1. The number of methoxy groups -OCH3 is 1. The van der Waals surface area contributed by atoms with Gasteiger partial charge < -0.3 is 14.4 Å². The van der Waals surface area contributed by atoms with Gasteiger partial charge in [0, 0.05) is 31.6 Å². The molecule has 0 saturated heterocycles. The number of aryl methyl sites for hydroxylation is 2. The summed E-state index contributed by atoms with van der Waals surface area (Å²) in [6, 6.07) is 4.04. The number of anilines is 1. The molecule has 9 heteroatoms. The third-order valence-electron chi connectivity index (χ3n) is 5.61. The van der Waals surface area contributed by atoms with Crippen molar-refractivity contribution in [2.24, 2.45) is 0 Å². The van der Waals surface area contributed by atoms with Crippen molar-refractivity contribution in [1.82, 2.24) is 9.88 Å². The van der Waals surface area contributed by atoms with Crippen LogP contribution in [-0.4, -0.2) is 67.3 Å². The van der Waals surface area contributed by atoms with Crippen LogP contribution < -0.4 is 4.90 Å². The minimum absolute atomic E-state index is 0.175. The Labute approximate surface area is 201 Å². The first-order valence-electron chi connectivity index (χ1n) is 12.2. The third kappa shape index (κ3) is 9.91. The van der Waals surface area contributed by atoms with E-state index in [-0.39, 0.29) is 24.9 Å². The molecule has 1 aliphatic heterocycles. The minimum atomic E-state index is -2.34. The minimum Gasteiger partial charge on any atom is -0.469 e. The van der Waals surface area contributed by atoms with Crippen LogP contribution in [0.25, 0.3) is 0 Å². The van der Waals surface area contributed by atoms with Gasteiger partial charge in [-0.3, -0.25) is 9.69 Å². The van der Waals surface area contributed by atoms with Gasteiger partial charge in [-0.1, -0.05) is 6.07 Å². The molecular formula is C25H39F2N3O4. The van der Waals surface area contributed by atoms with Crippen LogP contribution in [-0.2, 0) is 27.1 Å². The normalized spacial score (nSPS) is 13.8. The summed E-state index contributed by atoms with van der Waals surface area (Å²) in [5, 5.41) is 0. The molecule has 1 aromatic rings. The van der Waals surface area contributed by atoms with Gasteiger partial charge in [0.05, 0.1) is 7.11 Å². The van der Waals surface area contributed by atoms with E-state index in [0.717, 1.165) is 43.4 Å².